The van der Waals surface area contributed by atoms with E-state index in [4.69, 9.17) is 0 Å². The van der Waals surface area contributed by atoms with Crippen LogP contribution >= 0.6 is 23.1 Å². The van der Waals surface area contributed by atoms with E-state index >= 15 is 0 Å². The lowest BCUT2D eigenvalue weighted by atomic mass is 9.95. The molecule has 1 amide bonds. The van der Waals surface area contributed by atoms with E-state index < -0.39 is 10.0 Å². The molecule has 0 saturated carbocycles. The van der Waals surface area contributed by atoms with Gasteiger partial charge in [-0.3, -0.25) is 4.79 Å². The summed E-state index contributed by atoms with van der Waals surface area (Å²) in [5.41, 5.74) is 0.639. The molecule has 0 radical (unpaired) electrons. The lowest BCUT2D eigenvalue weighted by Crippen LogP contribution is -2.41. The van der Waals surface area contributed by atoms with Crippen molar-refractivity contribution in [3.8, 4) is 0 Å². The van der Waals surface area contributed by atoms with Crippen LogP contribution in [0.5, 0.6) is 0 Å². The predicted octanol–water partition coefficient (Wildman–Crippen LogP) is 2.45. The molecule has 1 saturated heterocycles. The quantitative estimate of drug-likeness (QED) is 0.579. The number of sulfonamides is 1. The highest BCUT2D eigenvalue weighted by Gasteiger charge is 2.34. The maximum absolute atomic E-state index is 12.5. The van der Waals surface area contributed by atoms with Crippen molar-refractivity contribution in [1.82, 2.24) is 15.1 Å². The van der Waals surface area contributed by atoms with Gasteiger partial charge < -0.3 is 10.2 Å². The monoisotopic (exact) mass is 437 g/mol. The number of hydrogen-bond donors (Lipinski definition) is 1. The van der Waals surface area contributed by atoms with Gasteiger partial charge in [-0.25, -0.2) is 0 Å². The summed E-state index contributed by atoms with van der Waals surface area (Å²) in [4.78, 5) is 14.7. The predicted molar refractivity (Wildman–Crippen MR) is 109 cm³/mol. The third kappa shape index (κ3) is 3.78. The fraction of sp³-hybridized carbons (Fsp3) is 0.412. The Morgan fingerprint density at radius 1 is 1.29 bits per heavy atom. The van der Waals surface area contributed by atoms with E-state index in [0.717, 1.165) is 10.1 Å². The normalized spacial score (nSPS) is 18.6. The van der Waals surface area contributed by atoms with E-state index in [0.29, 0.717) is 42.5 Å². The first-order valence-corrected chi connectivity index (χ1v) is 12.2. The molecule has 1 aromatic carbocycles. The number of likely N-dealkylation sites (tertiary alicyclic amines) is 1. The molecule has 28 heavy (non-hydrogen) atoms. The molecule has 1 aromatic heterocycles. The third-order valence-corrected chi connectivity index (χ3v) is 7.86. The molecule has 148 valence electrons. The van der Waals surface area contributed by atoms with Gasteiger partial charge in [0.05, 0.1) is 0 Å². The van der Waals surface area contributed by atoms with Gasteiger partial charge in [-0.05, 0) is 30.7 Å². The number of piperidine rings is 1. The fourth-order valence-corrected chi connectivity index (χ4v) is 6.20. The number of rotatable bonds is 4. The Morgan fingerprint density at radius 2 is 2.04 bits per heavy atom. The molecule has 0 unspecified atom stereocenters. The van der Waals surface area contributed by atoms with Crippen LogP contribution in [0.1, 0.15) is 25.3 Å². The van der Waals surface area contributed by atoms with E-state index in [-0.39, 0.29) is 16.7 Å². The van der Waals surface area contributed by atoms with Gasteiger partial charge in [0, 0.05) is 24.6 Å². The zero-order valence-electron chi connectivity index (χ0n) is 15.2. The van der Waals surface area contributed by atoms with Gasteiger partial charge in [0.25, 0.3) is 10.0 Å². The minimum atomic E-state index is -3.63. The Morgan fingerprint density at radius 3 is 2.79 bits per heavy atom. The van der Waals surface area contributed by atoms with Crippen LogP contribution in [0.2, 0.25) is 0 Å². The van der Waals surface area contributed by atoms with Gasteiger partial charge in [0.2, 0.25) is 11.0 Å². The molecular formula is C17H19N5O3S3. The number of amidine groups is 1. The topological polar surface area (TPSA) is 105 Å². The molecule has 0 atom stereocenters. The molecule has 4 rings (SSSR count). The fourth-order valence-electron chi connectivity index (χ4n) is 3.32. The Kier molecular flexibility index (Phi) is 5.39. The van der Waals surface area contributed by atoms with Crippen molar-refractivity contribution >= 4 is 50.0 Å². The summed E-state index contributed by atoms with van der Waals surface area (Å²) in [7, 11) is -3.63. The van der Waals surface area contributed by atoms with Crippen molar-refractivity contribution in [3.63, 3.8) is 0 Å². The number of amides is 1. The number of carbonyl (C=O) groups excluding carboxylic acids is 1. The van der Waals surface area contributed by atoms with Crippen molar-refractivity contribution in [2.24, 2.45) is 10.3 Å². The van der Waals surface area contributed by atoms with Crippen LogP contribution in [0.15, 0.2) is 37.9 Å². The first-order chi connectivity index (χ1) is 13.5. The van der Waals surface area contributed by atoms with Gasteiger partial charge in [-0.2, -0.15) is 8.42 Å². The first-order valence-electron chi connectivity index (χ1n) is 8.94. The van der Waals surface area contributed by atoms with E-state index in [1.165, 1.54) is 11.3 Å². The minimum absolute atomic E-state index is 0.0646. The zero-order valence-corrected chi connectivity index (χ0v) is 17.6. The van der Waals surface area contributed by atoms with Crippen LogP contribution in [0, 0.1) is 5.92 Å². The smallest absolute Gasteiger partial charge is 0.285 e. The van der Waals surface area contributed by atoms with Crippen LogP contribution in [-0.4, -0.2) is 54.1 Å². The van der Waals surface area contributed by atoms with E-state index in [9.17, 15) is 13.2 Å². The van der Waals surface area contributed by atoms with Crippen molar-refractivity contribution in [3.05, 3.63) is 29.8 Å². The summed E-state index contributed by atoms with van der Waals surface area (Å²) in [6.45, 7) is 3.19. The second kappa shape index (κ2) is 7.80. The second-order valence-electron chi connectivity index (χ2n) is 6.44. The standard InChI is InChI=1S/C17H19N5O3S3/c1-2-26-17-20-19-16(27-17)18-15(23)11-7-9-22(10-8-11)14-12-5-3-4-6-13(12)28(24,25)21-14/h3-6,11H,2,7-10H2,1H3,(H,18,19,23). The van der Waals surface area contributed by atoms with E-state index in [2.05, 4.69) is 19.9 Å². The molecule has 3 heterocycles. The zero-order chi connectivity index (χ0) is 19.7. The largest absolute Gasteiger partial charge is 0.355 e. The van der Waals surface area contributed by atoms with Crippen molar-refractivity contribution in [2.45, 2.75) is 29.0 Å². The second-order valence-corrected chi connectivity index (χ2v) is 10.5. The number of carbonyl (C=O) groups is 1. The minimum Gasteiger partial charge on any atom is -0.355 e. The molecule has 2 aliphatic heterocycles. The molecule has 2 aliphatic rings. The number of nitrogens with zero attached hydrogens (tertiary/aromatic N) is 4. The van der Waals surface area contributed by atoms with Gasteiger partial charge in [0.15, 0.2) is 10.2 Å². The summed E-state index contributed by atoms with van der Waals surface area (Å²) >= 11 is 2.97. The number of benzene rings is 1. The molecule has 1 N–H and O–H groups in total. The number of hydrogen-bond acceptors (Lipinski definition) is 8. The Hall–Kier alpha value is -1.98. The van der Waals surface area contributed by atoms with E-state index in [1.54, 1.807) is 30.0 Å². The van der Waals surface area contributed by atoms with Gasteiger partial charge in [-0.1, -0.05) is 42.2 Å². The Balaban J connectivity index is 1.39. The maximum atomic E-state index is 12.5. The third-order valence-electron chi connectivity index (χ3n) is 4.68. The van der Waals surface area contributed by atoms with E-state index in [1.807, 2.05) is 17.9 Å². The van der Waals surface area contributed by atoms with Crippen LogP contribution < -0.4 is 5.32 Å². The van der Waals surface area contributed by atoms with Crippen LogP contribution in [-0.2, 0) is 14.8 Å². The number of thioether (sulfide) groups is 1. The summed E-state index contributed by atoms with van der Waals surface area (Å²) in [5, 5.41) is 11.4. The first kappa shape index (κ1) is 19.3. The molecule has 0 bridgehead atoms. The lowest BCUT2D eigenvalue weighted by Gasteiger charge is -2.32. The SMILES string of the molecule is CCSc1nnc(NC(=O)C2CCN(C3=NS(=O)(=O)c4ccccc43)CC2)s1. The highest BCUT2D eigenvalue weighted by molar-refractivity contribution is 8.01. The van der Waals surface area contributed by atoms with Crippen molar-refractivity contribution in [2.75, 3.05) is 24.2 Å². The van der Waals surface area contributed by atoms with Crippen molar-refractivity contribution < 1.29 is 13.2 Å². The highest BCUT2D eigenvalue weighted by Crippen LogP contribution is 2.30. The highest BCUT2D eigenvalue weighted by atomic mass is 32.2. The average Bonchev–Trinajstić information content (AvgIpc) is 3.24. The molecule has 8 nitrogen and oxygen atoms in total. The molecule has 2 aromatic rings. The number of fused-ring (bicyclic) bond motifs is 1. The average molecular weight is 438 g/mol. The lowest BCUT2D eigenvalue weighted by molar-refractivity contribution is -0.120. The Bertz CT molecular complexity index is 1030. The molecule has 1 fully saturated rings. The summed E-state index contributed by atoms with van der Waals surface area (Å²) < 4.78 is 29.3. The summed E-state index contributed by atoms with van der Waals surface area (Å²) in [6, 6.07) is 6.86. The van der Waals surface area contributed by atoms with Gasteiger partial charge in [-0.15, -0.1) is 14.6 Å². The Labute approximate surface area is 171 Å². The molecule has 0 aliphatic carbocycles. The molecule has 0 spiro atoms. The summed E-state index contributed by atoms with van der Waals surface area (Å²) in [6.07, 6.45) is 1.25. The van der Waals surface area contributed by atoms with Gasteiger partial charge >= 0.3 is 0 Å². The van der Waals surface area contributed by atoms with Crippen molar-refractivity contribution in [1.29, 1.82) is 0 Å². The van der Waals surface area contributed by atoms with Crippen LogP contribution in [0.4, 0.5) is 5.13 Å². The summed E-state index contributed by atoms with van der Waals surface area (Å²) in [5.74, 6) is 1.19. The molecule has 11 heteroatoms. The molecular weight excluding hydrogens is 418 g/mol. The maximum Gasteiger partial charge on any atom is 0.285 e. The number of anilines is 1. The number of nitrogens with one attached hydrogen (secondary N) is 1. The van der Waals surface area contributed by atoms with Gasteiger partial charge in [0.1, 0.15) is 4.90 Å². The van der Waals surface area contributed by atoms with Crippen LogP contribution in [0.3, 0.4) is 0 Å². The number of aromatic nitrogens is 2. The van der Waals surface area contributed by atoms with Crippen LogP contribution in [0.25, 0.3) is 0 Å².